The van der Waals surface area contributed by atoms with Gasteiger partial charge in [0.1, 0.15) is 12.6 Å². The topological polar surface area (TPSA) is 97.0 Å². The maximum absolute atomic E-state index is 13.6. The van der Waals surface area contributed by atoms with Crippen LogP contribution in [0.2, 0.25) is 0 Å². The van der Waals surface area contributed by atoms with Crippen LogP contribution in [-0.4, -0.2) is 48.2 Å². The molecule has 0 aromatic heterocycles. The number of carbonyl (C=O) groups excluding carboxylic acids is 2. The zero-order chi connectivity index (χ0) is 24.0. The zero-order valence-corrected chi connectivity index (χ0v) is 19.1. The van der Waals surface area contributed by atoms with Crippen LogP contribution < -0.4 is 11.1 Å². The van der Waals surface area contributed by atoms with Crippen molar-refractivity contribution in [2.45, 2.75) is 18.4 Å². The fraction of sp³-hybridized carbons (Fsp3) is 0.222. The van der Waals surface area contributed by atoms with Gasteiger partial charge in [-0.3, -0.25) is 9.59 Å². The number of nitrogens with one attached hydrogen (secondary N) is 1. The summed E-state index contributed by atoms with van der Waals surface area (Å²) in [6.07, 6.45) is 0.578. The van der Waals surface area contributed by atoms with Crippen molar-refractivity contribution >= 4 is 23.2 Å². The van der Waals surface area contributed by atoms with Crippen LogP contribution in [-0.2, 0) is 9.63 Å². The van der Waals surface area contributed by atoms with Crippen molar-refractivity contribution in [1.29, 1.82) is 0 Å². The Bertz CT molecular complexity index is 1160. The Morgan fingerprint density at radius 3 is 2.21 bits per heavy atom. The highest BCUT2D eigenvalue weighted by Crippen LogP contribution is 2.33. The van der Waals surface area contributed by atoms with E-state index in [4.69, 9.17) is 10.6 Å². The summed E-state index contributed by atoms with van der Waals surface area (Å²) in [5.41, 5.74) is 8.82. The molecule has 34 heavy (non-hydrogen) atoms. The van der Waals surface area contributed by atoms with Gasteiger partial charge in [0.15, 0.2) is 0 Å². The van der Waals surface area contributed by atoms with E-state index in [0.29, 0.717) is 24.2 Å². The van der Waals surface area contributed by atoms with Gasteiger partial charge < -0.3 is 20.8 Å². The number of carbonyl (C=O) groups is 2. The van der Waals surface area contributed by atoms with Crippen LogP contribution in [0.5, 0.6) is 0 Å². The molecule has 3 aromatic rings. The number of hydrogen-bond donors (Lipinski definition) is 2. The number of hydrogen-bond acceptors (Lipinski definition) is 5. The minimum atomic E-state index is -1.20. The molecular formula is C27H28N4O3. The SMILES string of the molecule is CON=C1CN(C(=O)c2ccc(-c3ccccc3)cc2)C(CCNc2ccccc2)(C(N)=O)C1. The van der Waals surface area contributed by atoms with Gasteiger partial charge in [0, 0.05) is 24.2 Å². The second-order valence-electron chi connectivity index (χ2n) is 8.29. The largest absolute Gasteiger partial charge is 0.399 e. The Morgan fingerprint density at radius 2 is 1.59 bits per heavy atom. The number of anilines is 1. The highest BCUT2D eigenvalue weighted by molar-refractivity contribution is 6.07. The minimum Gasteiger partial charge on any atom is -0.399 e. The van der Waals surface area contributed by atoms with Crippen LogP contribution in [0.1, 0.15) is 23.2 Å². The van der Waals surface area contributed by atoms with Gasteiger partial charge in [-0.15, -0.1) is 0 Å². The van der Waals surface area contributed by atoms with Gasteiger partial charge in [-0.25, -0.2) is 0 Å². The molecule has 0 saturated carbocycles. The van der Waals surface area contributed by atoms with E-state index in [2.05, 4.69) is 10.5 Å². The third-order valence-electron chi connectivity index (χ3n) is 6.16. The smallest absolute Gasteiger partial charge is 0.255 e. The van der Waals surface area contributed by atoms with Gasteiger partial charge >= 0.3 is 0 Å². The number of para-hydroxylation sites is 1. The molecule has 174 valence electrons. The molecule has 1 unspecified atom stereocenters. The Labute approximate surface area is 199 Å². The lowest BCUT2D eigenvalue weighted by molar-refractivity contribution is -0.127. The highest BCUT2D eigenvalue weighted by Gasteiger charge is 2.51. The maximum atomic E-state index is 13.6. The quantitative estimate of drug-likeness (QED) is 0.502. The summed E-state index contributed by atoms with van der Waals surface area (Å²) in [5, 5.41) is 7.35. The first-order chi connectivity index (χ1) is 16.5. The third kappa shape index (κ3) is 4.78. The molecule has 3 N–H and O–H groups in total. The number of nitrogens with zero attached hydrogens (tertiary/aromatic N) is 2. The van der Waals surface area contributed by atoms with E-state index < -0.39 is 11.4 Å². The Balaban J connectivity index is 1.59. The Morgan fingerprint density at radius 1 is 0.971 bits per heavy atom. The summed E-state index contributed by atoms with van der Waals surface area (Å²) in [6, 6.07) is 27.0. The fourth-order valence-corrected chi connectivity index (χ4v) is 4.41. The van der Waals surface area contributed by atoms with Crippen LogP contribution in [0.25, 0.3) is 11.1 Å². The second-order valence-corrected chi connectivity index (χ2v) is 8.29. The molecule has 0 bridgehead atoms. The minimum absolute atomic E-state index is 0.182. The molecule has 1 atom stereocenters. The van der Waals surface area contributed by atoms with Crippen LogP contribution in [0.3, 0.4) is 0 Å². The van der Waals surface area contributed by atoms with Gasteiger partial charge in [-0.05, 0) is 41.8 Å². The summed E-state index contributed by atoms with van der Waals surface area (Å²) >= 11 is 0. The maximum Gasteiger partial charge on any atom is 0.255 e. The third-order valence-corrected chi connectivity index (χ3v) is 6.16. The van der Waals surface area contributed by atoms with Gasteiger partial charge in [-0.1, -0.05) is 65.8 Å². The van der Waals surface area contributed by atoms with E-state index in [1.165, 1.54) is 12.0 Å². The molecule has 4 rings (SSSR count). The number of benzene rings is 3. The summed E-state index contributed by atoms with van der Waals surface area (Å²) in [5.74, 6) is -0.822. The van der Waals surface area contributed by atoms with Crippen LogP contribution in [0.15, 0.2) is 90.1 Å². The van der Waals surface area contributed by atoms with Crippen molar-refractivity contribution in [1.82, 2.24) is 4.90 Å². The van der Waals surface area contributed by atoms with E-state index in [9.17, 15) is 9.59 Å². The lowest BCUT2D eigenvalue weighted by Crippen LogP contribution is -2.56. The average molecular weight is 457 g/mol. The Hall–Kier alpha value is -4.13. The van der Waals surface area contributed by atoms with E-state index in [1.54, 1.807) is 12.1 Å². The summed E-state index contributed by atoms with van der Waals surface area (Å²) < 4.78 is 0. The number of nitrogens with two attached hydrogens (primary N) is 1. The van der Waals surface area contributed by atoms with Crippen molar-refractivity contribution in [3.63, 3.8) is 0 Å². The summed E-state index contributed by atoms with van der Waals surface area (Å²) in [6.45, 7) is 0.644. The monoisotopic (exact) mass is 456 g/mol. The molecular weight excluding hydrogens is 428 g/mol. The van der Waals surface area contributed by atoms with Crippen molar-refractivity contribution in [2.75, 3.05) is 25.5 Å². The van der Waals surface area contributed by atoms with Gasteiger partial charge in [0.25, 0.3) is 5.91 Å². The molecule has 1 aliphatic rings. The first-order valence-corrected chi connectivity index (χ1v) is 11.2. The second kappa shape index (κ2) is 10.2. The first kappa shape index (κ1) is 23.0. The number of amides is 2. The molecule has 2 amide bonds. The van der Waals surface area contributed by atoms with E-state index in [0.717, 1.165) is 16.8 Å². The van der Waals surface area contributed by atoms with Crippen molar-refractivity contribution < 1.29 is 14.4 Å². The van der Waals surface area contributed by atoms with Crippen molar-refractivity contribution in [3.8, 4) is 11.1 Å². The van der Waals surface area contributed by atoms with E-state index in [1.807, 2.05) is 72.8 Å². The highest BCUT2D eigenvalue weighted by atomic mass is 16.6. The standard InChI is InChI=1S/C27H28N4O3/c1-34-30-24-18-27(26(28)33,16-17-29-23-10-6-3-7-11-23)31(19-24)25(32)22-14-12-21(13-15-22)20-8-4-2-5-9-20/h2-15,29H,16-19H2,1H3,(H2,28,33). The average Bonchev–Trinajstić information content (AvgIpc) is 3.24. The number of rotatable bonds is 8. The predicted molar refractivity (Wildman–Crippen MR) is 133 cm³/mol. The number of likely N-dealkylation sites (tertiary alicyclic amines) is 1. The molecule has 1 aliphatic heterocycles. The molecule has 0 radical (unpaired) electrons. The predicted octanol–water partition coefficient (Wildman–Crippen LogP) is 3.93. The van der Waals surface area contributed by atoms with Gasteiger partial charge in [-0.2, -0.15) is 0 Å². The van der Waals surface area contributed by atoms with Crippen molar-refractivity contribution in [3.05, 3.63) is 90.5 Å². The molecule has 3 aromatic carbocycles. The lowest BCUT2D eigenvalue weighted by Gasteiger charge is -2.35. The fourth-order valence-electron chi connectivity index (χ4n) is 4.41. The Kier molecular flexibility index (Phi) is 6.92. The molecule has 7 heteroatoms. The molecule has 1 saturated heterocycles. The zero-order valence-electron chi connectivity index (χ0n) is 19.1. The molecule has 7 nitrogen and oxygen atoms in total. The summed E-state index contributed by atoms with van der Waals surface area (Å²) in [4.78, 5) is 32.9. The van der Waals surface area contributed by atoms with Crippen molar-refractivity contribution in [2.24, 2.45) is 10.9 Å². The molecule has 0 aliphatic carbocycles. The van der Waals surface area contributed by atoms with Gasteiger partial charge in [0.05, 0.1) is 12.3 Å². The summed E-state index contributed by atoms with van der Waals surface area (Å²) in [7, 11) is 1.45. The number of oxime groups is 1. The molecule has 0 spiro atoms. The van der Waals surface area contributed by atoms with Gasteiger partial charge in [0.2, 0.25) is 5.91 Å². The van der Waals surface area contributed by atoms with Crippen LogP contribution >= 0.6 is 0 Å². The molecule has 1 heterocycles. The molecule has 1 fully saturated rings. The van der Waals surface area contributed by atoms with Crippen LogP contribution in [0, 0.1) is 0 Å². The first-order valence-electron chi connectivity index (χ1n) is 11.2. The van der Waals surface area contributed by atoms with E-state index in [-0.39, 0.29) is 18.9 Å². The van der Waals surface area contributed by atoms with Crippen LogP contribution in [0.4, 0.5) is 5.69 Å². The lowest BCUT2D eigenvalue weighted by atomic mass is 9.89. The van der Waals surface area contributed by atoms with E-state index >= 15 is 0 Å². The number of primary amides is 1. The normalized spacial score (nSPS) is 18.6.